The minimum atomic E-state index is -1.98. The Morgan fingerprint density at radius 1 is 0.380 bits per heavy atom. The number of allylic oxidation sites excluding steroid dienone is 5. The highest BCUT2D eigenvalue weighted by Gasteiger charge is 2.53. The lowest BCUT2D eigenvalue weighted by Gasteiger charge is -2.48. The lowest BCUT2D eigenvalue weighted by atomic mass is 9.96. The van der Waals surface area contributed by atoms with E-state index in [4.69, 9.17) is 28.4 Å². The van der Waals surface area contributed by atoms with Gasteiger partial charge in [-0.1, -0.05) is 262 Å². The number of aliphatic hydroxyl groups is 11. The molecule has 3 fully saturated rings. The molecule has 3 saturated heterocycles. The minimum Gasteiger partial charge on any atom is -0.394 e. The molecule has 0 saturated carbocycles. The Labute approximate surface area is 555 Å². The van der Waals surface area contributed by atoms with Gasteiger partial charge in [0.05, 0.1) is 38.6 Å². The number of hydrogen-bond acceptors (Lipinski definition) is 18. The quantitative estimate of drug-likeness (QED) is 0.0199. The van der Waals surface area contributed by atoms with Gasteiger partial charge in [0, 0.05) is 6.42 Å². The summed E-state index contributed by atoms with van der Waals surface area (Å²) in [6, 6.07) is -0.986. The van der Waals surface area contributed by atoms with Crippen molar-refractivity contribution < 1.29 is 89.4 Å². The first-order valence-corrected chi connectivity index (χ1v) is 37.2. The van der Waals surface area contributed by atoms with Crippen molar-refractivity contribution in [3.05, 3.63) is 36.5 Å². The van der Waals surface area contributed by atoms with Crippen LogP contribution in [0.2, 0.25) is 0 Å². The zero-order valence-corrected chi connectivity index (χ0v) is 57.3. The Morgan fingerprint density at radius 3 is 1.10 bits per heavy atom. The van der Waals surface area contributed by atoms with Gasteiger partial charge in [-0.3, -0.25) is 4.79 Å². The molecule has 0 radical (unpaired) electrons. The van der Waals surface area contributed by atoms with Crippen LogP contribution in [0.25, 0.3) is 0 Å². The van der Waals surface area contributed by atoms with Crippen molar-refractivity contribution in [3.8, 4) is 0 Å². The van der Waals surface area contributed by atoms with Gasteiger partial charge in [0.25, 0.3) is 0 Å². The summed E-state index contributed by atoms with van der Waals surface area (Å²) in [5, 5.41) is 120. The molecule has 0 aliphatic carbocycles. The number of ether oxygens (including phenoxy) is 6. The predicted octanol–water partition coefficient (Wildman–Crippen LogP) is 10.8. The topological polar surface area (TPSA) is 307 Å². The molecule has 3 heterocycles. The van der Waals surface area contributed by atoms with E-state index in [0.717, 1.165) is 38.5 Å². The first-order chi connectivity index (χ1) is 44.8. The van der Waals surface area contributed by atoms with Crippen LogP contribution >= 0.6 is 0 Å². The highest BCUT2D eigenvalue weighted by Crippen LogP contribution is 2.33. The molecule has 0 spiro atoms. The SMILES string of the molecule is CCCCCC/C=C/CC/C=C/C(O)C(COC1OC(CO)C(OC2OC(CO)C(OC3OC(CO)C(O)C(O)C3O)C(O)C2O)C(O)C1O)NC(=O)CCCCCCCCCCCCCCCCCCCCCCCCCCC/C=C\CCCCCCCCCC. The molecule has 92 heavy (non-hydrogen) atoms. The smallest absolute Gasteiger partial charge is 0.220 e. The summed E-state index contributed by atoms with van der Waals surface area (Å²) in [7, 11) is 0. The summed E-state index contributed by atoms with van der Waals surface area (Å²) in [6.45, 7) is 1.68. The van der Waals surface area contributed by atoms with Crippen molar-refractivity contribution >= 4 is 5.91 Å². The number of carbonyl (C=O) groups is 1. The first-order valence-electron chi connectivity index (χ1n) is 37.2. The van der Waals surface area contributed by atoms with E-state index in [0.29, 0.717) is 12.8 Å². The first kappa shape index (κ1) is 84.2. The molecule has 17 atom stereocenters. The third kappa shape index (κ3) is 36.0. The van der Waals surface area contributed by atoms with Gasteiger partial charge in [0.1, 0.15) is 73.2 Å². The van der Waals surface area contributed by atoms with Crippen LogP contribution in [0.5, 0.6) is 0 Å². The van der Waals surface area contributed by atoms with E-state index < -0.39 is 124 Å². The monoisotopic (exact) mass is 1310 g/mol. The van der Waals surface area contributed by atoms with Crippen LogP contribution in [0.15, 0.2) is 36.5 Å². The summed E-state index contributed by atoms with van der Waals surface area (Å²) in [5.41, 5.74) is 0. The number of aliphatic hydroxyl groups excluding tert-OH is 11. The molecule has 19 nitrogen and oxygen atoms in total. The largest absolute Gasteiger partial charge is 0.394 e. The molecule has 3 aliphatic heterocycles. The van der Waals surface area contributed by atoms with Crippen molar-refractivity contribution in [2.24, 2.45) is 0 Å². The van der Waals surface area contributed by atoms with Crippen molar-refractivity contribution in [1.29, 1.82) is 0 Å². The Hall–Kier alpha value is -1.99. The van der Waals surface area contributed by atoms with Gasteiger partial charge < -0.3 is 89.9 Å². The fourth-order valence-electron chi connectivity index (χ4n) is 12.6. The maximum absolute atomic E-state index is 13.4. The molecule has 3 aliphatic rings. The summed E-state index contributed by atoms with van der Waals surface area (Å²) < 4.78 is 34.3. The summed E-state index contributed by atoms with van der Waals surface area (Å²) >= 11 is 0. The average Bonchev–Trinajstić information content (AvgIpc) is 0.803. The molecule has 19 heteroatoms. The summed E-state index contributed by atoms with van der Waals surface area (Å²) in [6.07, 6.45) is 39.1. The molecule has 0 bridgehead atoms. The van der Waals surface area contributed by atoms with Crippen molar-refractivity contribution in [2.45, 2.75) is 394 Å². The lowest BCUT2D eigenvalue weighted by molar-refractivity contribution is -0.379. The van der Waals surface area contributed by atoms with Crippen LogP contribution in [0.4, 0.5) is 0 Å². The van der Waals surface area contributed by atoms with Gasteiger partial charge in [-0.2, -0.15) is 0 Å². The van der Waals surface area contributed by atoms with E-state index in [-0.39, 0.29) is 18.9 Å². The predicted molar refractivity (Wildman–Crippen MR) is 360 cm³/mol. The van der Waals surface area contributed by atoms with Gasteiger partial charge in [0.15, 0.2) is 18.9 Å². The van der Waals surface area contributed by atoms with Crippen molar-refractivity contribution in [3.63, 3.8) is 0 Å². The lowest BCUT2D eigenvalue weighted by Crippen LogP contribution is -2.66. The van der Waals surface area contributed by atoms with E-state index in [1.807, 2.05) is 6.08 Å². The number of amides is 1. The second-order valence-electron chi connectivity index (χ2n) is 26.7. The van der Waals surface area contributed by atoms with Crippen molar-refractivity contribution in [1.82, 2.24) is 5.32 Å². The Morgan fingerprint density at radius 2 is 0.696 bits per heavy atom. The normalized spacial score (nSPS) is 27.9. The molecule has 0 aromatic rings. The Kier molecular flexibility index (Phi) is 50.3. The molecule has 12 N–H and O–H groups in total. The zero-order chi connectivity index (χ0) is 66.8. The molecule has 3 rings (SSSR count). The standard InChI is InChI=1S/C73H135NO18/c1-3-5-7-9-11-13-15-16-17-18-19-20-21-22-23-24-25-26-27-28-29-30-31-32-33-34-35-36-37-38-39-40-41-43-45-47-49-51-61(79)74-56(57(78)50-48-46-44-42-14-12-10-8-6-4-2)55-87-71-67(85)64(82)69(59(53-76)89-71)92-73-68(86)65(83)70(60(54-77)90-73)91-72-66(84)63(81)62(80)58(52-75)88-72/h14,18-19,42,48,50,56-60,62-73,75-78,80-86H,3-13,15-17,20-41,43-47,49,51-55H2,1-2H3,(H,74,79)/b19-18-,42-14+,50-48+. The van der Waals surface area contributed by atoms with Crippen LogP contribution in [-0.4, -0.2) is 193 Å². The van der Waals surface area contributed by atoms with E-state index >= 15 is 0 Å². The summed E-state index contributed by atoms with van der Waals surface area (Å²) in [4.78, 5) is 13.4. The van der Waals surface area contributed by atoms with Gasteiger partial charge in [-0.05, 0) is 57.8 Å². The van der Waals surface area contributed by atoms with E-state index in [1.54, 1.807) is 6.08 Å². The van der Waals surface area contributed by atoms with E-state index in [2.05, 4.69) is 43.5 Å². The molecular formula is C73H135NO18. The molecule has 1 amide bonds. The fourth-order valence-corrected chi connectivity index (χ4v) is 12.6. The maximum Gasteiger partial charge on any atom is 0.220 e. The molecule has 0 aromatic heterocycles. The maximum atomic E-state index is 13.4. The molecular weight excluding hydrogens is 1180 g/mol. The van der Waals surface area contributed by atoms with Crippen LogP contribution in [-0.2, 0) is 33.2 Å². The highest BCUT2D eigenvalue weighted by molar-refractivity contribution is 5.76. The minimum absolute atomic E-state index is 0.239. The third-order valence-corrected chi connectivity index (χ3v) is 18.7. The number of nitrogens with one attached hydrogen (secondary N) is 1. The summed E-state index contributed by atoms with van der Waals surface area (Å²) in [5.74, 6) is -0.283. The van der Waals surface area contributed by atoms with Gasteiger partial charge >= 0.3 is 0 Å². The second kappa shape index (κ2) is 55.0. The van der Waals surface area contributed by atoms with Crippen molar-refractivity contribution in [2.75, 3.05) is 26.4 Å². The van der Waals surface area contributed by atoms with Crippen LogP contribution in [0, 0.1) is 0 Å². The number of hydrogen-bond donors (Lipinski definition) is 12. The average molecular weight is 1310 g/mol. The second-order valence-corrected chi connectivity index (χ2v) is 26.7. The van der Waals surface area contributed by atoms with Crippen LogP contribution in [0.3, 0.4) is 0 Å². The highest BCUT2D eigenvalue weighted by atomic mass is 16.8. The number of rotatable bonds is 58. The van der Waals surface area contributed by atoms with Crippen LogP contribution in [0.1, 0.15) is 290 Å². The van der Waals surface area contributed by atoms with Gasteiger partial charge in [-0.15, -0.1) is 0 Å². The molecule has 0 aromatic carbocycles. The Bertz CT molecular complexity index is 1810. The Balaban J connectivity index is 1.28. The van der Waals surface area contributed by atoms with Gasteiger partial charge in [0.2, 0.25) is 5.91 Å². The van der Waals surface area contributed by atoms with Crippen LogP contribution < -0.4 is 5.32 Å². The van der Waals surface area contributed by atoms with Gasteiger partial charge in [-0.25, -0.2) is 0 Å². The third-order valence-electron chi connectivity index (χ3n) is 18.7. The zero-order valence-electron chi connectivity index (χ0n) is 57.3. The number of unbranched alkanes of at least 4 members (excludes halogenated alkanes) is 38. The molecule has 17 unspecified atom stereocenters. The molecule has 540 valence electrons. The van der Waals surface area contributed by atoms with E-state index in [1.165, 1.54) is 218 Å². The van der Waals surface area contributed by atoms with E-state index in [9.17, 15) is 61.0 Å². The fraction of sp³-hybridized carbons (Fsp3) is 0.904. The number of carbonyl (C=O) groups excluding carboxylic acids is 1.